The number of aliphatic hydroxyl groups is 1. The van der Waals surface area contributed by atoms with Crippen LogP contribution < -0.4 is 0 Å². The number of hydrogen-bond acceptors (Lipinski definition) is 3. The summed E-state index contributed by atoms with van der Waals surface area (Å²) in [6.45, 7) is 0.529. The average Bonchev–Trinajstić information content (AvgIpc) is 2.85. The van der Waals surface area contributed by atoms with Crippen molar-refractivity contribution in [1.82, 2.24) is 0 Å². The van der Waals surface area contributed by atoms with Gasteiger partial charge in [0, 0.05) is 5.92 Å². The van der Waals surface area contributed by atoms with E-state index >= 15 is 0 Å². The molecule has 2 rings (SSSR count). The summed E-state index contributed by atoms with van der Waals surface area (Å²) in [5, 5.41) is 19.2. The van der Waals surface area contributed by atoms with Crippen LogP contribution in [0.2, 0.25) is 0 Å². The van der Waals surface area contributed by atoms with Crippen LogP contribution in [0.25, 0.3) is 0 Å². The maximum atomic E-state index is 10.2. The molecule has 0 bridgehead atoms. The molecule has 3 heteroatoms. The summed E-state index contributed by atoms with van der Waals surface area (Å²) < 4.78 is 4.98. The molecule has 0 unspecified atom stereocenters. The van der Waals surface area contributed by atoms with Crippen LogP contribution in [0.5, 0.6) is 0 Å². The van der Waals surface area contributed by atoms with E-state index in [0.29, 0.717) is 0 Å². The first-order chi connectivity index (χ1) is 6.18. The lowest BCUT2D eigenvalue weighted by Crippen LogP contribution is -2.59. The van der Waals surface area contributed by atoms with E-state index in [1.807, 2.05) is 0 Å². The van der Waals surface area contributed by atoms with E-state index in [2.05, 4.69) is 12.0 Å². The third-order valence-corrected chi connectivity index (χ3v) is 3.03. The van der Waals surface area contributed by atoms with Crippen molar-refractivity contribution in [2.24, 2.45) is 11.3 Å². The molecule has 1 aliphatic carbocycles. The zero-order valence-corrected chi connectivity index (χ0v) is 7.29. The van der Waals surface area contributed by atoms with Gasteiger partial charge in [0.05, 0.1) is 19.3 Å². The third kappa shape index (κ3) is 0.920. The van der Waals surface area contributed by atoms with Crippen molar-refractivity contribution in [1.29, 1.82) is 5.26 Å². The maximum absolute atomic E-state index is 10.2. The molecule has 68 valence electrons. The van der Waals surface area contributed by atoms with Crippen molar-refractivity contribution >= 4 is 0 Å². The number of hydrogen-bond donors (Lipinski definition) is 1. The van der Waals surface area contributed by atoms with Crippen molar-refractivity contribution in [2.45, 2.75) is 18.4 Å². The lowest BCUT2D eigenvalue weighted by molar-refractivity contribution is -0.173. The van der Waals surface area contributed by atoms with E-state index < -0.39 is 11.0 Å². The Morgan fingerprint density at radius 3 is 2.38 bits per heavy atom. The van der Waals surface area contributed by atoms with Crippen LogP contribution in [-0.2, 0) is 4.74 Å². The molecule has 1 aliphatic heterocycles. The molecule has 2 fully saturated rings. The van der Waals surface area contributed by atoms with E-state index in [9.17, 15) is 5.11 Å². The normalized spacial score (nSPS) is 29.2. The molecule has 1 N–H and O–H groups in total. The van der Waals surface area contributed by atoms with E-state index in [-0.39, 0.29) is 19.1 Å². The Hall–Kier alpha value is -1.03. The number of nitriles is 1. The molecule has 0 aromatic rings. The second-order valence-corrected chi connectivity index (χ2v) is 3.87. The Balaban J connectivity index is 2.30. The number of terminal acetylenes is 1. The highest BCUT2D eigenvalue weighted by molar-refractivity contribution is 5.29. The van der Waals surface area contributed by atoms with E-state index in [1.54, 1.807) is 0 Å². The van der Waals surface area contributed by atoms with E-state index in [1.165, 1.54) is 0 Å². The van der Waals surface area contributed by atoms with Crippen LogP contribution in [0.4, 0.5) is 0 Å². The van der Waals surface area contributed by atoms with Crippen molar-refractivity contribution < 1.29 is 9.84 Å². The summed E-state index contributed by atoms with van der Waals surface area (Å²) in [4.78, 5) is 0. The first-order valence-electron chi connectivity index (χ1n) is 4.38. The molecule has 1 saturated heterocycles. The molecule has 13 heavy (non-hydrogen) atoms. The first kappa shape index (κ1) is 8.56. The highest BCUT2D eigenvalue weighted by atomic mass is 16.5. The van der Waals surface area contributed by atoms with Crippen LogP contribution in [0.3, 0.4) is 0 Å². The Labute approximate surface area is 77.3 Å². The lowest BCUT2D eigenvalue weighted by atomic mass is 9.69. The van der Waals surface area contributed by atoms with Gasteiger partial charge in [0.15, 0.2) is 5.60 Å². The monoisotopic (exact) mass is 177 g/mol. The predicted octanol–water partition coefficient (Wildman–Crippen LogP) is 0.301. The van der Waals surface area contributed by atoms with Gasteiger partial charge < -0.3 is 9.84 Å². The molecule has 1 saturated carbocycles. The zero-order valence-electron chi connectivity index (χ0n) is 7.29. The summed E-state index contributed by atoms with van der Waals surface area (Å²) in [5.74, 6) is 2.49. The largest absolute Gasteiger partial charge is 0.378 e. The van der Waals surface area contributed by atoms with Crippen molar-refractivity contribution in [3.8, 4) is 18.4 Å². The molecule has 0 radical (unpaired) electrons. The zero-order chi connectivity index (χ0) is 9.53. The first-order valence-corrected chi connectivity index (χ1v) is 4.38. The number of rotatable bonds is 2. The summed E-state index contributed by atoms with van der Waals surface area (Å²) in [5.41, 5.74) is -2.11. The van der Waals surface area contributed by atoms with Crippen LogP contribution >= 0.6 is 0 Å². The van der Waals surface area contributed by atoms with Gasteiger partial charge in [-0.2, -0.15) is 5.26 Å². The van der Waals surface area contributed by atoms with Crippen molar-refractivity contribution in [3.63, 3.8) is 0 Å². The highest BCUT2D eigenvalue weighted by Crippen LogP contribution is 2.51. The van der Waals surface area contributed by atoms with Crippen LogP contribution in [0, 0.1) is 35.0 Å². The minimum Gasteiger partial charge on any atom is -0.378 e. The van der Waals surface area contributed by atoms with Crippen LogP contribution in [0.15, 0.2) is 0 Å². The number of nitrogens with zero attached hydrogens (tertiary/aromatic N) is 1. The molecule has 3 nitrogen and oxygen atoms in total. The summed E-state index contributed by atoms with van der Waals surface area (Å²) in [6, 6.07) is 2.11. The molecule has 1 heterocycles. The van der Waals surface area contributed by atoms with Crippen LogP contribution in [-0.4, -0.2) is 23.9 Å². The lowest BCUT2D eigenvalue weighted by Gasteiger charge is -2.45. The van der Waals surface area contributed by atoms with E-state index in [0.717, 1.165) is 12.8 Å². The van der Waals surface area contributed by atoms with Gasteiger partial charge in [-0.3, -0.25) is 0 Å². The predicted molar refractivity (Wildman–Crippen MR) is 45.4 cm³/mol. The van der Waals surface area contributed by atoms with Gasteiger partial charge in [-0.1, -0.05) is 5.92 Å². The SMILES string of the molecule is C#C[C@](O)(C1CC1)C1(C#N)COC1. The van der Waals surface area contributed by atoms with Gasteiger partial charge in [0.2, 0.25) is 0 Å². The van der Waals surface area contributed by atoms with Gasteiger partial charge >= 0.3 is 0 Å². The van der Waals surface area contributed by atoms with Gasteiger partial charge in [-0.15, -0.1) is 6.42 Å². The Bertz CT molecular complexity index is 304. The number of ether oxygens (including phenoxy) is 1. The molecule has 0 aromatic heterocycles. The maximum Gasteiger partial charge on any atom is 0.151 e. The molecular formula is C10H11NO2. The minimum absolute atomic E-state index is 0.0982. The fourth-order valence-electron chi connectivity index (χ4n) is 1.82. The van der Waals surface area contributed by atoms with Crippen molar-refractivity contribution in [2.75, 3.05) is 13.2 Å². The summed E-state index contributed by atoms with van der Waals surface area (Å²) in [7, 11) is 0. The second-order valence-electron chi connectivity index (χ2n) is 3.87. The smallest absolute Gasteiger partial charge is 0.151 e. The average molecular weight is 177 g/mol. The van der Waals surface area contributed by atoms with Crippen LogP contribution in [0.1, 0.15) is 12.8 Å². The standard InChI is InChI=1S/C10H11NO2/c1-2-10(12,8-3-4-8)9(5-11)6-13-7-9/h1,8,12H,3-4,6-7H2/t10-/m0/s1. The summed E-state index contributed by atoms with van der Waals surface area (Å²) in [6.07, 6.45) is 7.15. The molecular weight excluding hydrogens is 166 g/mol. The second kappa shape index (κ2) is 2.48. The molecule has 0 spiro atoms. The Morgan fingerprint density at radius 1 is 1.54 bits per heavy atom. The Kier molecular flexibility index (Phi) is 1.63. The Morgan fingerprint density at radius 2 is 2.15 bits per heavy atom. The van der Waals surface area contributed by atoms with Gasteiger partial charge in [0.1, 0.15) is 5.41 Å². The van der Waals surface area contributed by atoms with Gasteiger partial charge in [0.25, 0.3) is 0 Å². The summed E-state index contributed by atoms with van der Waals surface area (Å²) >= 11 is 0. The van der Waals surface area contributed by atoms with E-state index in [4.69, 9.17) is 16.4 Å². The molecule has 1 atom stereocenters. The highest BCUT2D eigenvalue weighted by Gasteiger charge is 2.62. The van der Waals surface area contributed by atoms with Gasteiger partial charge in [-0.25, -0.2) is 0 Å². The van der Waals surface area contributed by atoms with Crippen molar-refractivity contribution in [3.05, 3.63) is 0 Å². The topological polar surface area (TPSA) is 53.2 Å². The fraction of sp³-hybridized carbons (Fsp3) is 0.700. The minimum atomic E-state index is -1.26. The molecule has 0 aromatic carbocycles. The quantitative estimate of drug-likeness (QED) is 0.617. The van der Waals surface area contributed by atoms with Gasteiger partial charge in [-0.05, 0) is 12.8 Å². The molecule has 2 aliphatic rings. The fourth-order valence-corrected chi connectivity index (χ4v) is 1.82. The third-order valence-electron chi connectivity index (χ3n) is 3.03. The molecule has 0 amide bonds.